The van der Waals surface area contributed by atoms with Crippen molar-refractivity contribution in [3.05, 3.63) is 47.5 Å². The van der Waals surface area contributed by atoms with Gasteiger partial charge in [0.15, 0.2) is 5.82 Å². The van der Waals surface area contributed by atoms with Crippen LogP contribution in [-0.4, -0.2) is 45.9 Å². The Balaban J connectivity index is 1.35. The molecule has 0 radical (unpaired) electrons. The summed E-state index contributed by atoms with van der Waals surface area (Å²) < 4.78 is 6.09. The second-order valence-corrected chi connectivity index (χ2v) is 6.85. The van der Waals surface area contributed by atoms with Crippen LogP contribution in [0.5, 0.6) is 0 Å². The van der Waals surface area contributed by atoms with Crippen molar-refractivity contribution in [2.24, 2.45) is 11.8 Å². The van der Waals surface area contributed by atoms with E-state index in [1.807, 2.05) is 6.92 Å². The van der Waals surface area contributed by atoms with Crippen molar-refractivity contribution in [1.29, 1.82) is 0 Å². The van der Waals surface area contributed by atoms with Gasteiger partial charge >= 0.3 is 0 Å². The Hall–Kier alpha value is -1.72. The number of aromatic amines is 1. The molecule has 3 heterocycles. The van der Waals surface area contributed by atoms with Crippen molar-refractivity contribution < 1.29 is 4.74 Å². The molecule has 0 bridgehead atoms. The predicted octanol–water partition coefficient (Wildman–Crippen LogP) is 2.19. The second-order valence-electron chi connectivity index (χ2n) is 6.85. The molecule has 1 aromatic carbocycles. The van der Waals surface area contributed by atoms with Gasteiger partial charge in [-0.3, -0.25) is 10.00 Å². The molecule has 0 saturated carbocycles. The van der Waals surface area contributed by atoms with Crippen molar-refractivity contribution in [2.75, 3.05) is 19.7 Å². The molecule has 3 atom stereocenters. The van der Waals surface area contributed by atoms with Gasteiger partial charge in [0, 0.05) is 25.4 Å². The third-order valence-electron chi connectivity index (χ3n) is 5.16. The van der Waals surface area contributed by atoms with Crippen LogP contribution in [0.15, 0.2) is 30.3 Å². The van der Waals surface area contributed by atoms with Crippen LogP contribution in [0.3, 0.4) is 0 Å². The van der Waals surface area contributed by atoms with Crippen LogP contribution in [0.25, 0.3) is 0 Å². The van der Waals surface area contributed by atoms with Crippen LogP contribution < -0.4 is 0 Å². The van der Waals surface area contributed by atoms with Crippen molar-refractivity contribution in [1.82, 2.24) is 20.1 Å². The summed E-state index contributed by atoms with van der Waals surface area (Å²) in [5.74, 6) is 3.07. The molecule has 0 amide bonds. The largest absolute Gasteiger partial charge is 0.377 e. The van der Waals surface area contributed by atoms with E-state index in [0.29, 0.717) is 11.8 Å². The molecule has 2 aliphatic heterocycles. The van der Waals surface area contributed by atoms with Gasteiger partial charge in [-0.25, -0.2) is 4.98 Å². The van der Waals surface area contributed by atoms with Crippen LogP contribution in [0.1, 0.15) is 23.6 Å². The number of hydrogen-bond acceptors (Lipinski definition) is 4. The number of nitrogens with zero attached hydrogens (tertiary/aromatic N) is 3. The Bertz CT molecular complexity index is 641. The molecule has 0 unspecified atom stereocenters. The van der Waals surface area contributed by atoms with E-state index >= 15 is 0 Å². The van der Waals surface area contributed by atoms with Crippen molar-refractivity contribution in [2.45, 2.75) is 32.4 Å². The highest BCUT2D eigenvalue weighted by Crippen LogP contribution is 2.36. The summed E-state index contributed by atoms with van der Waals surface area (Å²) in [6.45, 7) is 6.17. The van der Waals surface area contributed by atoms with E-state index in [-0.39, 0.29) is 6.10 Å². The minimum Gasteiger partial charge on any atom is -0.377 e. The Labute approximate surface area is 137 Å². The molecule has 122 valence electrons. The first kappa shape index (κ1) is 14.8. The molecule has 1 N–H and O–H groups in total. The van der Waals surface area contributed by atoms with Gasteiger partial charge in [0.1, 0.15) is 5.82 Å². The van der Waals surface area contributed by atoms with E-state index in [0.717, 1.165) is 44.3 Å². The molecule has 1 aromatic heterocycles. The fourth-order valence-corrected chi connectivity index (χ4v) is 4.02. The standard InChI is InChI=1S/C18H24N4O/c1-13-19-18(21-20-13)9-17-16-7-8-22(11-15(16)12-23-17)10-14-5-3-2-4-6-14/h2-6,15-17H,7-12H2,1H3,(H,19,20,21)/t15-,16-,17+/m1/s1. The van der Waals surface area contributed by atoms with Crippen molar-refractivity contribution in [3.63, 3.8) is 0 Å². The lowest BCUT2D eigenvalue weighted by Gasteiger charge is -2.35. The van der Waals surface area contributed by atoms with Gasteiger partial charge in [-0.15, -0.1) is 0 Å². The van der Waals surface area contributed by atoms with Crippen LogP contribution in [0.4, 0.5) is 0 Å². The molecule has 23 heavy (non-hydrogen) atoms. The molecule has 2 fully saturated rings. The molecule has 2 aliphatic rings. The summed E-state index contributed by atoms with van der Waals surface area (Å²) in [7, 11) is 0. The van der Waals surface area contributed by atoms with E-state index in [2.05, 4.69) is 50.4 Å². The molecular formula is C18H24N4O. The average Bonchev–Trinajstić information content (AvgIpc) is 3.15. The summed E-state index contributed by atoms with van der Waals surface area (Å²) in [4.78, 5) is 6.99. The van der Waals surface area contributed by atoms with Gasteiger partial charge in [-0.1, -0.05) is 30.3 Å². The number of benzene rings is 1. The van der Waals surface area contributed by atoms with E-state index in [1.165, 1.54) is 12.0 Å². The number of ether oxygens (including phenoxy) is 1. The predicted molar refractivity (Wildman–Crippen MR) is 87.9 cm³/mol. The van der Waals surface area contributed by atoms with E-state index in [1.54, 1.807) is 0 Å². The minimum atomic E-state index is 0.286. The summed E-state index contributed by atoms with van der Waals surface area (Å²) in [6, 6.07) is 10.7. The zero-order chi connectivity index (χ0) is 15.6. The summed E-state index contributed by atoms with van der Waals surface area (Å²) in [6.07, 6.45) is 2.34. The van der Waals surface area contributed by atoms with Crippen LogP contribution in [0, 0.1) is 18.8 Å². The molecule has 4 rings (SSSR count). The second kappa shape index (κ2) is 6.42. The van der Waals surface area contributed by atoms with Crippen LogP contribution in [0.2, 0.25) is 0 Å². The SMILES string of the molecule is Cc1nc(C[C@@H]2OC[C@H]3CN(Cc4ccccc4)CC[C@H]32)n[nH]1. The summed E-state index contributed by atoms with van der Waals surface area (Å²) >= 11 is 0. The Morgan fingerprint density at radius 1 is 1.30 bits per heavy atom. The Morgan fingerprint density at radius 2 is 2.17 bits per heavy atom. The third-order valence-corrected chi connectivity index (χ3v) is 5.16. The molecule has 2 aromatic rings. The van der Waals surface area contributed by atoms with Gasteiger partial charge in [-0.2, -0.15) is 5.10 Å². The number of aromatic nitrogens is 3. The fourth-order valence-electron chi connectivity index (χ4n) is 4.02. The number of hydrogen-bond donors (Lipinski definition) is 1. The van der Waals surface area contributed by atoms with E-state index < -0.39 is 0 Å². The minimum absolute atomic E-state index is 0.286. The van der Waals surface area contributed by atoms with Gasteiger partial charge < -0.3 is 4.74 Å². The zero-order valence-electron chi connectivity index (χ0n) is 13.6. The Kier molecular flexibility index (Phi) is 4.14. The molecular weight excluding hydrogens is 288 g/mol. The number of likely N-dealkylation sites (tertiary alicyclic amines) is 1. The van der Waals surface area contributed by atoms with Gasteiger partial charge in [0.05, 0.1) is 12.7 Å². The number of aryl methyl sites for hydroxylation is 1. The maximum Gasteiger partial charge on any atom is 0.153 e. The first-order valence-electron chi connectivity index (χ1n) is 8.53. The van der Waals surface area contributed by atoms with Crippen molar-refractivity contribution >= 4 is 0 Å². The maximum atomic E-state index is 6.09. The lowest BCUT2D eigenvalue weighted by atomic mass is 9.83. The quantitative estimate of drug-likeness (QED) is 0.940. The van der Waals surface area contributed by atoms with E-state index in [4.69, 9.17) is 4.74 Å². The monoisotopic (exact) mass is 312 g/mol. The van der Waals surface area contributed by atoms with Crippen LogP contribution in [-0.2, 0) is 17.7 Å². The molecule has 0 spiro atoms. The lowest BCUT2D eigenvalue weighted by molar-refractivity contribution is 0.0834. The lowest BCUT2D eigenvalue weighted by Crippen LogP contribution is -2.41. The van der Waals surface area contributed by atoms with Crippen molar-refractivity contribution in [3.8, 4) is 0 Å². The number of piperidine rings is 1. The number of rotatable bonds is 4. The third kappa shape index (κ3) is 3.31. The highest BCUT2D eigenvalue weighted by atomic mass is 16.5. The first-order valence-corrected chi connectivity index (χ1v) is 8.53. The number of fused-ring (bicyclic) bond motifs is 1. The molecule has 5 heteroatoms. The maximum absolute atomic E-state index is 6.09. The number of H-pyrrole nitrogens is 1. The van der Waals surface area contributed by atoms with Crippen LogP contribution >= 0.6 is 0 Å². The van der Waals surface area contributed by atoms with Gasteiger partial charge in [-0.05, 0) is 31.4 Å². The topological polar surface area (TPSA) is 54.0 Å². The van der Waals surface area contributed by atoms with Gasteiger partial charge in [0.2, 0.25) is 0 Å². The van der Waals surface area contributed by atoms with Gasteiger partial charge in [0.25, 0.3) is 0 Å². The molecule has 0 aliphatic carbocycles. The molecule has 5 nitrogen and oxygen atoms in total. The first-order chi connectivity index (χ1) is 11.3. The van der Waals surface area contributed by atoms with E-state index in [9.17, 15) is 0 Å². The normalized spacial score (nSPS) is 28.0. The summed E-state index contributed by atoms with van der Waals surface area (Å²) in [5.41, 5.74) is 1.40. The zero-order valence-corrected chi connectivity index (χ0v) is 13.6. The Morgan fingerprint density at radius 3 is 2.96 bits per heavy atom. The fraction of sp³-hybridized carbons (Fsp3) is 0.556. The summed E-state index contributed by atoms with van der Waals surface area (Å²) in [5, 5.41) is 7.19. The molecule has 2 saturated heterocycles. The smallest absolute Gasteiger partial charge is 0.153 e. The highest BCUT2D eigenvalue weighted by Gasteiger charge is 2.41. The number of nitrogens with one attached hydrogen (secondary N) is 1. The highest BCUT2D eigenvalue weighted by molar-refractivity contribution is 5.14. The average molecular weight is 312 g/mol.